The average molecular weight is 457 g/mol. The zero-order chi connectivity index (χ0) is 23.9. The quantitative estimate of drug-likeness (QED) is 0.600. The Labute approximate surface area is 192 Å². The summed E-state index contributed by atoms with van der Waals surface area (Å²) in [6.45, 7) is 7.70. The number of aliphatic hydroxyl groups is 1. The molecule has 1 saturated heterocycles. The molecular weight excluding hydrogens is 424 g/mol. The van der Waals surface area contributed by atoms with E-state index in [-0.39, 0.29) is 30.3 Å². The molecule has 1 saturated carbocycles. The van der Waals surface area contributed by atoms with Gasteiger partial charge in [-0.1, -0.05) is 26.0 Å². The van der Waals surface area contributed by atoms with Gasteiger partial charge in [0.25, 0.3) is 0 Å². The number of carbonyl (C=O) groups excluding carboxylic acids is 2. The molecule has 1 aliphatic heterocycles. The van der Waals surface area contributed by atoms with Crippen molar-refractivity contribution in [2.24, 2.45) is 5.41 Å². The lowest BCUT2D eigenvalue weighted by Crippen LogP contribution is -2.50. The van der Waals surface area contributed by atoms with E-state index >= 15 is 0 Å². The Hall–Kier alpha value is -3.01. The molecule has 178 valence electrons. The molecule has 33 heavy (non-hydrogen) atoms. The summed E-state index contributed by atoms with van der Waals surface area (Å²) in [6.07, 6.45) is 4.89. The van der Waals surface area contributed by atoms with Gasteiger partial charge in [0.1, 0.15) is 12.1 Å². The summed E-state index contributed by atoms with van der Waals surface area (Å²) in [6, 6.07) is 1.24. The second-order valence-corrected chi connectivity index (χ2v) is 10.3. The lowest BCUT2D eigenvalue weighted by atomic mass is 9.85. The number of rotatable bonds is 6. The fourth-order valence-electron chi connectivity index (χ4n) is 4.45. The van der Waals surface area contributed by atoms with Crippen LogP contribution in [-0.4, -0.2) is 60.5 Å². The summed E-state index contributed by atoms with van der Waals surface area (Å²) in [7, 11) is 0. The van der Waals surface area contributed by atoms with E-state index < -0.39 is 29.6 Å². The number of hydrogen-bond acceptors (Lipinski definition) is 6. The molecule has 4 rings (SSSR count). The van der Waals surface area contributed by atoms with Crippen molar-refractivity contribution in [2.45, 2.75) is 77.1 Å². The van der Waals surface area contributed by atoms with Crippen LogP contribution in [0.3, 0.4) is 0 Å². The average Bonchev–Trinajstić information content (AvgIpc) is 3.34. The lowest BCUT2D eigenvalue weighted by Gasteiger charge is -2.34. The van der Waals surface area contributed by atoms with Gasteiger partial charge in [-0.25, -0.2) is 4.68 Å². The van der Waals surface area contributed by atoms with Crippen molar-refractivity contribution in [2.75, 3.05) is 6.54 Å². The van der Waals surface area contributed by atoms with E-state index in [9.17, 15) is 19.5 Å². The van der Waals surface area contributed by atoms with Gasteiger partial charge in [0.05, 0.1) is 17.8 Å². The van der Waals surface area contributed by atoms with E-state index in [2.05, 4.69) is 20.6 Å². The highest BCUT2D eigenvalue weighted by Crippen LogP contribution is 2.40. The summed E-state index contributed by atoms with van der Waals surface area (Å²) in [5.74, 6) is -0.221. The molecule has 2 amide bonds. The van der Waals surface area contributed by atoms with Crippen molar-refractivity contribution in [3.8, 4) is 0 Å². The predicted molar refractivity (Wildman–Crippen MR) is 120 cm³/mol. The second kappa shape index (κ2) is 8.74. The standard InChI is InChI=1S/C23H32N6O4/c1-13(15-7-8-24-19(31)9-15)25-21(32)18-10-16(30)11-28(18)22(33)20(23(2,3)4)29-12-17(26-27-29)14-5-6-14/h7-9,12-14,16,18,20,30H,5-6,10-11H2,1-4H3,(H,24,31)(H,25,32)/t13?,16-,18+,20-/m0/s1. The predicted octanol–water partition coefficient (Wildman–Crippen LogP) is 1.27. The number of aliphatic hydroxyl groups excluding tert-OH is 1. The van der Waals surface area contributed by atoms with Crippen molar-refractivity contribution in [3.05, 3.63) is 46.1 Å². The summed E-state index contributed by atoms with van der Waals surface area (Å²) < 4.78 is 1.61. The molecule has 2 aliphatic rings. The second-order valence-electron chi connectivity index (χ2n) is 10.3. The van der Waals surface area contributed by atoms with Crippen molar-refractivity contribution in [1.29, 1.82) is 0 Å². The molecule has 0 spiro atoms. The van der Waals surface area contributed by atoms with Crippen LogP contribution in [0.1, 0.15) is 76.2 Å². The van der Waals surface area contributed by atoms with Crippen LogP contribution in [0.25, 0.3) is 0 Å². The zero-order valence-corrected chi connectivity index (χ0v) is 19.5. The number of aromatic nitrogens is 4. The molecule has 10 heteroatoms. The third-order valence-corrected chi connectivity index (χ3v) is 6.37. The minimum atomic E-state index is -0.812. The van der Waals surface area contributed by atoms with E-state index in [4.69, 9.17) is 0 Å². The number of H-pyrrole nitrogens is 1. The van der Waals surface area contributed by atoms with Gasteiger partial charge in [-0.2, -0.15) is 0 Å². The highest BCUT2D eigenvalue weighted by molar-refractivity contribution is 5.90. The van der Waals surface area contributed by atoms with Crippen molar-refractivity contribution in [1.82, 2.24) is 30.2 Å². The van der Waals surface area contributed by atoms with Crippen LogP contribution in [0.5, 0.6) is 0 Å². The SMILES string of the molecule is CC(NC(=O)[C@H]1C[C@H](O)CN1C(=O)[C@H](n1cc(C2CC2)nn1)C(C)(C)C)c1cc[nH]c(=O)c1. The lowest BCUT2D eigenvalue weighted by molar-refractivity contribution is -0.144. The van der Waals surface area contributed by atoms with Crippen LogP contribution in [0, 0.1) is 5.41 Å². The van der Waals surface area contributed by atoms with Crippen LogP contribution in [0.4, 0.5) is 0 Å². The molecule has 2 aromatic rings. The van der Waals surface area contributed by atoms with Gasteiger partial charge < -0.3 is 20.3 Å². The Morgan fingerprint density at radius 1 is 1.30 bits per heavy atom. The molecule has 10 nitrogen and oxygen atoms in total. The van der Waals surface area contributed by atoms with Gasteiger partial charge in [0.15, 0.2) is 0 Å². The van der Waals surface area contributed by atoms with Crippen molar-refractivity contribution >= 4 is 11.8 Å². The third-order valence-electron chi connectivity index (χ3n) is 6.37. The normalized spacial score (nSPS) is 22.8. The fourth-order valence-corrected chi connectivity index (χ4v) is 4.45. The Morgan fingerprint density at radius 2 is 2.03 bits per heavy atom. The topological polar surface area (TPSA) is 133 Å². The maximum atomic E-state index is 13.7. The highest BCUT2D eigenvalue weighted by atomic mass is 16.3. The minimum absolute atomic E-state index is 0.0765. The number of amides is 2. The van der Waals surface area contributed by atoms with Gasteiger partial charge in [0.2, 0.25) is 17.4 Å². The summed E-state index contributed by atoms with van der Waals surface area (Å²) >= 11 is 0. The number of β-amino-alcohol motifs (C(OH)–C–C–N with tert-alkyl or cyclic N) is 1. The first kappa shape index (κ1) is 23.2. The number of nitrogens with zero attached hydrogens (tertiary/aromatic N) is 4. The fraction of sp³-hybridized carbons (Fsp3) is 0.609. The molecular formula is C23H32N6O4. The van der Waals surface area contributed by atoms with E-state index in [0.29, 0.717) is 11.5 Å². The van der Waals surface area contributed by atoms with E-state index in [0.717, 1.165) is 18.5 Å². The Morgan fingerprint density at radius 3 is 2.67 bits per heavy atom. The van der Waals surface area contributed by atoms with Gasteiger partial charge in [0, 0.05) is 37.3 Å². The van der Waals surface area contributed by atoms with Crippen LogP contribution < -0.4 is 10.9 Å². The first-order valence-corrected chi connectivity index (χ1v) is 11.4. The maximum Gasteiger partial charge on any atom is 0.248 e. The van der Waals surface area contributed by atoms with Crippen molar-refractivity contribution in [3.63, 3.8) is 0 Å². The molecule has 0 aromatic carbocycles. The monoisotopic (exact) mass is 456 g/mol. The summed E-state index contributed by atoms with van der Waals surface area (Å²) in [5.41, 5.74) is 0.803. The Balaban J connectivity index is 1.55. The van der Waals surface area contributed by atoms with Gasteiger partial charge >= 0.3 is 0 Å². The Kier molecular flexibility index (Phi) is 6.13. The number of hydrogen-bond donors (Lipinski definition) is 3. The van der Waals surface area contributed by atoms with E-state index in [1.54, 1.807) is 17.7 Å². The zero-order valence-electron chi connectivity index (χ0n) is 19.5. The number of aromatic amines is 1. The summed E-state index contributed by atoms with van der Waals surface area (Å²) in [5, 5.41) is 21.7. The molecule has 0 radical (unpaired) electrons. The molecule has 3 heterocycles. The molecule has 1 unspecified atom stereocenters. The molecule has 4 atom stereocenters. The number of pyridine rings is 1. The van der Waals surface area contributed by atoms with Gasteiger partial charge in [-0.15, -0.1) is 5.10 Å². The molecule has 3 N–H and O–H groups in total. The smallest absolute Gasteiger partial charge is 0.248 e. The van der Waals surface area contributed by atoms with E-state index in [1.807, 2.05) is 27.0 Å². The van der Waals surface area contributed by atoms with Crippen LogP contribution in [0.15, 0.2) is 29.3 Å². The molecule has 0 bridgehead atoms. The summed E-state index contributed by atoms with van der Waals surface area (Å²) in [4.78, 5) is 42.5. The van der Waals surface area contributed by atoms with Crippen LogP contribution in [-0.2, 0) is 9.59 Å². The van der Waals surface area contributed by atoms with Crippen LogP contribution in [0.2, 0.25) is 0 Å². The van der Waals surface area contributed by atoms with Gasteiger partial charge in [-0.3, -0.25) is 14.4 Å². The third kappa shape index (κ3) is 5.00. The molecule has 1 aliphatic carbocycles. The van der Waals surface area contributed by atoms with Crippen molar-refractivity contribution < 1.29 is 14.7 Å². The number of nitrogens with one attached hydrogen (secondary N) is 2. The van der Waals surface area contributed by atoms with E-state index in [1.165, 1.54) is 17.2 Å². The van der Waals surface area contributed by atoms with Gasteiger partial charge in [-0.05, 0) is 36.8 Å². The molecule has 2 aromatic heterocycles. The van der Waals surface area contributed by atoms with Crippen LogP contribution >= 0.6 is 0 Å². The first-order chi connectivity index (χ1) is 15.5. The largest absolute Gasteiger partial charge is 0.391 e. The number of carbonyl (C=O) groups is 2. The maximum absolute atomic E-state index is 13.7. The first-order valence-electron chi connectivity index (χ1n) is 11.4. The minimum Gasteiger partial charge on any atom is -0.391 e. The number of likely N-dealkylation sites (tertiary alicyclic amines) is 1. The molecule has 2 fully saturated rings. The highest BCUT2D eigenvalue weighted by Gasteiger charge is 2.45. The Bertz CT molecular complexity index is 1080.